The van der Waals surface area contributed by atoms with Crippen LogP contribution in [-0.4, -0.2) is 29.5 Å². The van der Waals surface area contributed by atoms with Gasteiger partial charge in [0.15, 0.2) is 0 Å². The van der Waals surface area contributed by atoms with E-state index >= 15 is 0 Å². The zero-order valence-electron chi connectivity index (χ0n) is 11.2. The number of pyridine rings is 1. The normalized spacial score (nSPS) is 25.7. The summed E-state index contributed by atoms with van der Waals surface area (Å²) in [6, 6.07) is 5.64. The Labute approximate surface area is 110 Å². The number of nitrogens with one attached hydrogen (secondary N) is 1. The van der Waals surface area contributed by atoms with Crippen molar-refractivity contribution in [2.24, 2.45) is 0 Å². The highest BCUT2D eigenvalue weighted by atomic mass is 15.1. The molecule has 0 bridgehead atoms. The maximum atomic E-state index is 4.57. The van der Waals surface area contributed by atoms with E-state index in [1.54, 1.807) is 0 Å². The molecule has 2 heterocycles. The number of rotatable bonds is 3. The Kier molecular flexibility index (Phi) is 3.50. The lowest BCUT2D eigenvalue weighted by Gasteiger charge is -2.32. The monoisotopic (exact) mass is 245 g/mol. The van der Waals surface area contributed by atoms with E-state index in [4.69, 9.17) is 0 Å². The summed E-state index contributed by atoms with van der Waals surface area (Å²) in [5.41, 5.74) is 1.37. The lowest BCUT2D eigenvalue weighted by molar-refractivity contribution is 0.187. The van der Waals surface area contributed by atoms with Gasteiger partial charge in [0.25, 0.3) is 0 Å². The lowest BCUT2D eigenvalue weighted by atomic mass is 9.93. The van der Waals surface area contributed by atoms with Gasteiger partial charge >= 0.3 is 0 Å². The highest BCUT2D eigenvalue weighted by Gasteiger charge is 2.21. The van der Waals surface area contributed by atoms with Crippen LogP contribution in [0.3, 0.4) is 0 Å². The molecule has 0 spiro atoms. The molecule has 98 valence electrons. The van der Waals surface area contributed by atoms with E-state index in [9.17, 15) is 0 Å². The summed E-state index contributed by atoms with van der Waals surface area (Å²) in [5.74, 6) is 1.04. The Balaban J connectivity index is 1.65. The molecule has 3 heteroatoms. The zero-order valence-corrected chi connectivity index (χ0v) is 11.2. The van der Waals surface area contributed by atoms with Gasteiger partial charge in [-0.2, -0.15) is 0 Å². The Bertz CT molecular complexity index is 383. The van der Waals surface area contributed by atoms with E-state index in [-0.39, 0.29) is 0 Å². The molecule has 1 atom stereocenters. The number of piperidine rings is 1. The Hall–Kier alpha value is -1.09. The summed E-state index contributed by atoms with van der Waals surface area (Å²) in [6.45, 7) is 1.22. The van der Waals surface area contributed by atoms with Crippen molar-refractivity contribution < 1.29 is 0 Å². The van der Waals surface area contributed by atoms with E-state index in [0.717, 1.165) is 5.82 Å². The Morgan fingerprint density at radius 2 is 2.06 bits per heavy atom. The molecular formula is C15H23N3. The van der Waals surface area contributed by atoms with Crippen LogP contribution in [0.1, 0.15) is 50.1 Å². The number of hydrogen-bond donors (Lipinski definition) is 1. The second kappa shape index (κ2) is 5.27. The van der Waals surface area contributed by atoms with E-state index in [2.05, 4.69) is 40.6 Å². The van der Waals surface area contributed by atoms with Crippen LogP contribution in [-0.2, 0) is 0 Å². The van der Waals surface area contributed by atoms with Crippen molar-refractivity contribution >= 4 is 5.82 Å². The van der Waals surface area contributed by atoms with E-state index < -0.39 is 0 Å². The largest absolute Gasteiger partial charge is 0.367 e. The predicted octanol–water partition coefficient (Wildman–Crippen LogP) is 3.20. The number of aromatic nitrogens is 1. The van der Waals surface area contributed by atoms with Gasteiger partial charge in [0, 0.05) is 18.3 Å². The second-order valence-electron chi connectivity index (χ2n) is 5.74. The zero-order chi connectivity index (χ0) is 12.4. The third-order valence-electron chi connectivity index (χ3n) is 4.40. The number of hydrogen-bond acceptors (Lipinski definition) is 3. The highest BCUT2D eigenvalue weighted by Crippen LogP contribution is 2.29. The van der Waals surface area contributed by atoms with Crippen molar-refractivity contribution in [1.29, 1.82) is 0 Å². The van der Waals surface area contributed by atoms with Gasteiger partial charge < -0.3 is 5.32 Å². The predicted molar refractivity (Wildman–Crippen MR) is 74.7 cm³/mol. The maximum absolute atomic E-state index is 4.57. The van der Waals surface area contributed by atoms with Crippen LogP contribution in [0.15, 0.2) is 18.3 Å². The summed E-state index contributed by atoms with van der Waals surface area (Å²) >= 11 is 0. The van der Waals surface area contributed by atoms with Crippen LogP contribution in [0.2, 0.25) is 0 Å². The molecule has 0 radical (unpaired) electrons. The van der Waals surface area contributed by atoms with Gasteiger partial charge in [0.2, 0.25) is 0 Å². The van der Waals surface area contributed by atoms with Crippen LogP contribution in [0.25, 0.3) is 0 Å². The fraction of sp³-hybridized carbons (Fsp3) is 0.667. The number of likely N-dealkylation sites (tertiary alicyclic amines) is 1. The highest BCUT2D eigenvalue weighted by molar-refractivity contribution is 5.37. The van der Waals surface area contributed by atoms with Crippen molar-refractivity contribution in [3.63, 3.8) is 0 Å². The third kappa shape index (κ3) is 2.51. The van der Waals surface area contributed by atoms with Gasteiger partial charge in [-0.1, -0.05) is 12.5 Å². The van der Waals surface area contributed by atoms with Crippen molar-refractivity contribution in [2.45, 2.75) is 50.6 Å². The quantitative estimate of drug-likeness (QED) is 0.886. The lowest BCUT2D eigenvalue weighted by Crippen LogP contribution is -2.30. The Morgan fingerprint density at radius 3 is 2.67 bits per heavy atom. The van der Waals surface area contributed by atoms with Gasteiger partial charge in [-0.15, -0.1) is 0 Å². The summed E-state index contributed by atoms with van der Waals surface area (Å²) in [7, 11) is 2.23. The smallest absolute Gasteiger partial charge is 0.126 e. The molecule has 1 saturated heterocycles. The molecule has 3 nitrogen and oxygen atoms in total. The summed E-state index contributed by atoms with van der Waals surface area (Å²) in [4.78, 5) is 7.03. The molecule has 3 rings (SSSR count). The molecule has 0 unspecified atom stereocenters. The summed E-state index contributed by atoms with van der Waals surface area (Å²) in [6.07, 6.45) is 9.98. The first-order valence-electron chi connectivity index (χ1n) is 7.25. The molecule has 2 aliphatic rings. The number of nitrogens with zero attached hydrogens (tertiary/aromatic N) is 2. The third-order valence-corrected chi connectivity index (χ3v) is 4.40. The first kappa shape index (κ1) is 12.0. The Morgan fingerprint density at radius 1 is 1.17 bits per heavy atom. The molecule has 1 aromatic rings. The molecule has 1 aliphatic carbocycles. The molecule has 18 heavy (non-hydrogen) atoms. The fourth-order valence-corrected chi connectivity index (χ4v) is 2.95. The van der Waals surface area contributed by atoms with Crippen molar-refractivity contribution in [1.82, 2.24) is 9.88 Å². The molecule has 2 fully saturated rings. The van der Waals surface area contributed by atoms with Crippen molar-refractivity contribution in [3.05, 3.63) is 23.9 Å². The average Bonchev–Trinajstić information content (AvgIpc) is 2.35. The molecule has 1 aromatic heterocycles. The first-order valence-corrected chi connectivity index (χ1v) is 7.25. The molecular weight excluding hydrogens is 222 g/mol. The minimum atomic E-state index is 0.573. The average molecular weight is 245 g/mol. The van der Waals surface area contributed by atoms with Crippen LogP contribution < -0.4 is 5.32 Å². The molecule has 1 aliphatic heterocycles. The summed E-state index contributed by atoms with van der Waals surface area (Å²) < 4.78 is 0. The van der Waals surface area contributed by atoms with E-state index in [1.165, 1.54) is 50.6 Å². The minimum Gasteiger partial charge on any atom is -0.367 e. The van der Waals surface area contributed by atoms with Crippen LogP contribution in [0.4, 0.5) is 5.82 Å². The summed E-state index contributed by atoms with van der Waals surface area (Å²) in [5, 5.41) is 3.49. The van der Waals surface area contributed by atoms with Gasteiger partial charge in [0.1, 0.15) is 5.82 Å². The number of anilines is 1. The minimum absolute atomic E-state index is 0.573. The van der Waals surface area contributed by atoms with Crippen LogP contribution >= 0.6 is 0 Å². The van der Waals surface area contributed by atoms with Crippen molar-refractivity contribution in [2.75, 3.05) is 18.9 Å². The first-order chi connectivity index (χ1) is 8.83. The standard InChI is InChI=1S/C15H23N3/c1-18-10-3-2-7-14(18)12-8-9-15(16-11-12)17-13-5-4-6-13/h8-9,11,13-14H,2-7,10H2,1H3,(H,16,17)/t14-/m1/s1. The SMILES string of the molecule is CN1CCCC[C@@H]1c1ccc(NC2CCC2)nc1. The van der Waals surface area contributed by atoms with E-state index in [1.807, 2.05) is 0 Å². The fourth-order valence-electron chi connectivity index (χ4n) is 2.95. The maximum Gasteiger partial charge on any atom is 0.126 e. The van der Waals surface area contributed by atoms with Gasteiger partial charge in [-0.25, -0.2) is 4.98 Å². The molecule has 1 N–H and O–H groups in total. The molecule has 0 aromatic carbocycles. The van der Waals surface area contributed by atoms with Gasteiger partial charge in [0.05, 0.1) is 0 Å². The van der Waals surface area contributed by atoms with E-state index in [0.29, 0.717) is 12.1 Å². The van der Waals surface area contributed by atoms with Crippen LogP contribution in [0, 0.1) is 0 Å². The topological polar surface area (TPSA) is 28.2 Å². The van der Waals surface area contributed by atoms with Gasteiger partial charge in [-0.05, 0) is 57.3 Å². The van der Waals surface area contributed by atoms with Crippen molar-refractivity contribution in [3.8, 4) is 0 Å². The molecule has 0 amide bonds. The second-order valence-corrected chi connectivity index (χ2v) is 5.74. The molecule has 1 saturated carbocycles. The van der Waals surface area contributed by atoms with Gasteiger partial charge in [-0.3, -0.25) is 4.90 Å². The van der Waals surface area contributed by atoms with Crippen LogP contribution in [0.5, 0.6) is 0 Å².